The fourth-order valence-electron chi connectivity index (χ4n) is 2.93. The lowest BCUT2D eigenvalue weighted by atomic mass is 10.2. The van der Waals surface area contributed by atoms with E-state index < -0.39 is 10.0 Å². The third-order valence-electron chi connectivity index (χ3n) is 4.54. The maximum atomic E-state index is 12.7. The molecule has 0 radical (unpaired) electrons. The van der Waals surface area contributed by atoms with Gasteiger partial charge in [0.05, 0.1) is 30.2 Å². The maximum absolute atomic E-state index is 12.7. The van der Waals surface area contributed by atoms with E-state index in [1.165, 1.54) is 22.5 Å². The third-order valence-corrected chi connectivity index (χ3v) is 6.73. The van der Waals surface area contributed by atoms with Gasteiger partial charge in [0, 0.05) is 25.2 Å². The summed E-state index contributed by atoms with van der Waals surface area (Å²) in [4.78, 5) is 12.2. The van der Waals surface area contributed by atoms with Crippen molar-refractivity contribution in [3.05, 3.63) is 53.1 Å². The van der Waals surface area contributed by atoms with Crippen LogP contribution in [0.25, 0.3) is 0 Å². The van der Waals surface area contributed by atoms with Gasteiger partial charge in [0.2, 0.25) is 10.0 Å². The summed E-state index contributed by atoms with van der Waals surface area (Å²) in [6.45, 7) is 1.34. The molecule has 0 saturated carbocycles. The zero-order valence-corrected chi connectivity index (χ0v) is 18.0. The summed E-state index contributed by atoms with van der Waals surface area (Å²) in [6, 6.07) is 11.6. The normalized spacial score (nSPS) is 14.9. The van der Waals surface area contributed by atoms with Crippen molar-refractivity contribution in [2.45, 2.75) is 11.4 Å². The first-order valence-corrected chi connectivity index (χ1v) is 11.1. The average molecular weight is 455 g/mol. The number of para-hydroxylation sites is 1. The molecule has 0 aromatic heterocycles. The predicted octanol–water partition coefficient (Wildman–Crippen LogP) is 2.06. The van der Waals surface area contributed by atoms with Gasteiger partial charge in [-0.25, -0.2) is 8.42 Å². The number of methoxy groups -OCH3 is 1. The summed E-state index contributed by atoms with van der Waals surface area (Å²) >= 11 is 6.19. The first-order valence-electron chi connectivity index (χ1n) is 9.30. The lowest BCUT2D eigenvalue weighted by Crippen LogP contribution is -2.40. The summed E-state index contributed by atoms with van der Waals surface area (Å²) in [7, 11) is -2.09. The van der Waals surface area contributed by atoms with E-state index in [1.807, 2.05) is 24.3 Å². The van der Waals surface area contributed by atoms with E-state index in [-0.39, 0.29) is 34.7 Å². The minimum Gasteiger partial charge on any atom is -0.496 e. The predicted molar refractivity (Wildman–Crippen MR) is 111 cm³/mol. The second-order valence-corrected chi connectivity index (χ2v) is 8.83. The number of amides is 1. The number of hydrogen-bond donors (Lipinski definition) is 1. The van der Waals surface area contributed by atoms with Gasteiger partial charge in [-0.1, -0.05) is 29.8 Å². The van der Waals surface area contributed by atoms with E-state index in [9.17, 15) is 13.2 Å². The van der Waals surface area contributed by atoms with Gasteiger partial charge in [-0.05, 0) is 24.3 Å². The van der Waals surface area contributed by atoms with Crippen molar-refractivity contribution in [1.29, 1.82) is 0 Å². The second kappa shape index (κ2) is 10.1. The number of rotatable bonds is 8. The SMILES string of the molecule is COc1ccccc1CNC(=O)COc1ccc(S(=O)(=O)N2CCOCC2)cc1Cl. The number of sulfonamides is 1. The number of nitrogens with zero attached hydrogens (tertiary/aromatic N) is 1. The van der Waals surface area contributed by atoms with Crippen molar-refractivity contribution < 1.29 is 27.4 Å². The van der Waals surface area contributed by atoms with Crippen LogP contribution in [0.4, 0.5) is 0 Å². The summed E-state index contributed by atoms with van der Waals surface area (Å²) < 4.78 is 42.6. The largest absolute Gasteiger partial charge is 0.496 e. The molecule has 0 bridgehead atoms. The van der Waals surface area contributed by atoms with E-state index >= 15 is 0 Å². The van der Waals surface area contributed by atoms with Crippen molar-refractivity contribution in [3.8, 4) is 11.5 Å². The van der Waals surface area contributed by atoms with Crippen LogP contribution < -0.4 is 14.8 Å². The molecule has 3 rings (SSSR count). The maximum Gasteiger partial charge on any atom is 0.258 e. The molecule has 1 amide bonds. The third kappa shape index (κ3) is 5.42. The number of carbonyl (C=O) groups excluding carboxylic acids is 1. The van der Waals surface area contributed by atoms with Gasteiger partial charge >= 0.3 is 0 Å². The molecular weight excluding hydrogens is 432 g/mol. The van der Waals surface area contributed by atoms with Gasteiger partial charge in [0.15, 0.2) is 6.61 Å². The molecular formula is C20H23ClN2O6S. The molecule has 30 heavy (non-hydrogen) atoms. The number of carbonyl (C=O) groups is 1. The van der Waals surface area contributed by atoms with Crippen molar-refractivity contribution in [2.24, 2.45) is 0 Å². The van der Waals surface area contributed by atoms with Gasteiger partial charge in [-0.3, -0.25) is 4.79 Å². The van der Waals surface area contributed by atoms with Crippen molar-refractivity contribution in [2.75, 3.05) is 40.0 Å². The van der Waals surface area contributed by atoms with Crippen LogP contribution in [-0.4, -0.2) is 58.7 Å². The van der Waals surface area contributed by atoms with Crippen LogP contribution in [0.1, 0.15) is 5.56 Å². The molecule has 162 valence electrons. The molecule has 8 nitrogen and oxygen atoms in total. The summed E-state index contributed by atoms with van der Waals surface area (Å²) in [6.07, 6.45) is 0. The highest BCUT2D eigenvalue weighted by molar-refractivity contribution is 7.89. The highest BCUT2D eigenvalue weighted by Crippen LogP contribution is 2.29. The van der Waals surface area contributed by atoms with Crippen LogP contribution in [0.5, 0.6) is 11.5 Å². The average Bonchev–Trinajstić information content (AvgIpc) is 2.77. The smallest absolute Gasteiger partial charge is 0.258 e. The fourth-order valence-corrected chi connectivity index (χ4v) is 4.67. The molecule has 10 heteroatoms. The number of halogens is 1. The van der Waals surface area contributed by atoms with Gasteiger partial charge < -0.3 is 19.5 Å². The van der Waals surface area contributed by atoms with Gasteiger partial charge in [-0.15, -0.1) is 0 Å². The van der Waals surface area contributed by atoms with Gasteiger partial charge in [-0.2, -0.15) is 4.31 Å². The Labute approximate surface area is 180 Å². The van der Waals surface area contributed by atoms with Crippen molar-refractivity contribution in [3.63, 3.8) is 0 Å². The zero-order valence-electron chi connectivity index (χ0n) is 16.5. The number of ether oxygens (including phenoxy) is 3. The van der Waals surface area contributed by atoms with Crippen molar-refractivity contribution in [1.82, 2.24) is 9.62 Å². The topological polar surface area (TPSA) is 94.2 Å². The Morgan fingerprint density at radius 1 is 1.17 bits per heavy atom. The molecule has 1 aliphatic heterocycles. The minimum atomic E-state index is -3.66. The molecule has 1 fully saturated rings. The van der Waals surface area contributed by atoms with E-state index in [4.69, 9.17) is 25.8 Å². The molecule has 0 aliphatic carbocycles. The summed E-state index contributed by atoms with van der Waals surface area (Å²) in [5.74, 6) is 0.561. The van der Waals surface area contributed by atoms with Gasteiger partial charge in [0.25, 0.3) is 5.91 Å². The molecule has 0 atom stereocenters. The monoisotopic (exact) mass is 454 g/mol. The highest BCUT2D eigenvalue weighted by Gasteiger charge is 2.27. The van der Waals surface area contributed by atoms with Crippen LogP contribution in [0, 0.1) is 0 Å². The molecule has 2 aromatic carbocycles. The Kier molecular flexibility index (Phi) is 7.54. The zero-order chi connectivity index (χ0) is 21.6. The number of morpholine rings is 1. The molecule has 1 N–H and O–H groups in total. The van der Waals surface area contributed by atoms with E-state index in [1.54, 1.807) is 7.11 Å². The minimum absolute atomic E-state index is 0.0716. The Morgan fingerprint density at radius 3 is 2.60 bits per heavy atom. The Balaban J connectivity index is 1.57. The lowest BCUT2D eigenvalue weighted by Gasteiger charge is -2.26. The molecule has 1 heterocycles. The quantitative estimate of drug-likeness (QED) is 0.656. The Bertz CT molecular complexity index is 993. The highest BCUT2D eigenvalue weighted by atomic mass is 35.5. The Hall–Kier alpha value is -2.33. The molecule has 0 spiro atoms. The number of nitrogens with one attached hydrogen (secondary N) is 1. The van der Waals surface area contributed by atoms with Crippen LogP contribution in [0.2, 0.25) is 5.02 Å². The van der Waals surface area contributed by atoms with Crippen LogP contribution in [0.15, 0.2) is 47.4 Å². The van der Waals surface area contributed by atoms with Gasteiger partial charge in [0.1, 0.15) is 11.5 Å². The molecule has 0 unspecified atom stereocenters. The first kappa shape index (κ1) is 22.4. The van der Waals surface area contributed by atoms with Crippen LogP contribution in [-0.2, 0) is 26.1 Å². The van der Waals surface area contributed by atoms with Crippen molar-refractivity contribution >= 4 is 27.5 Å². The molecule has 1 saturated heterocycles. The molecule has 2 aromatic rings. The standard InChI is InChI=1S/C20H23ClN2O6S/c1-27-18-5-3-2-4-15(18)13-22-20(24)14-29-19-7-6-16(12-17(19)21)30(25,26)23-8-10-28-11-9-23/h2-7,12H,8-11,13-14H2,1H3,(H,22,24). The number of benzene rings is 2. The van der Waals surface area contributed by atoms with Crippen LogP contribution in [0.3, 0.4) is 0 Å². The second-order valence-electron chi connectivity index (χ2n) is 6.49. The van der Waals surface area contributed by atoms with Crippen LogP contribution >= 0.6 is 11.6 Å². The molecule has 1 aliphatic rings. The van der Waals surface area contributed by atoms with E-state index in [0.29, 0.717) is 32.1 Å². The number of hydrogen-bond acceptors (Lipinski definition) is 6. The lowest BCUT2D eigenvalue weighted by molar-refractivity contribution is -0.123. The van der Waals surface area contributed by atoms with E-state index in [0.717, 1.165) is 5.56 Å². The summed E-state index contributed by atoms with van der Waals surface area (Å²) in [5, 5.41) is 2.85. The fraction of sp³-hybridized carbons (Fsp3) is 0.350. The first-order chi connectivity index (χ1) is 14.4. The summed E-state index contributed by atoms with van der Waals surface area (Å²) in [5.41, 5.74) is 0.837. The Morgan fingerprint density at radius 2 is 1.90 bits per heavy atom. The van der Waals surface area contributed by atoms with E-state index in [2.05, 4.69) is 5.32 Å².